The van der Waals surface area contributed by atoms with Gasteiger partial charge in [-0.1, -0.05) is 19.9 Å². The van der Waals surface area contributed by atoms with Gasteiger partial charge in [0.1, 0.15) is 0 Å². The second-order valence-corrected chi connectivity index (χ2v) is 4.77. The van der Waals surface area contributed by atoms with Crippen molar-refractivity contribution in [3.63, 3.8) is 0 Å². The Bertz CT molecular complexity index is 358. The number of anilines is 2. The molecule has 1 atom stereocenters. The van der Waals surface area contributed by atoms with E-state index in [1.807, 2.05) is 0 Å². The Morgan fingerprint density at radius 3 is 2.80 bits per heavy atom. The van der Waals surface area contributed by atoms with Crippen LogP contribution in [0.4, 0.5) is 11.4 Å². The lowest BCUT2D eigenvalue weighted by Gasteiger charge is -2.35. The van der Waals surface area contributed by atoms with Crippen LogP contribution in [0.3, 0.4) is 0 Å². The molecule has 1 N–H and O–H groups in total. The molecule has 0 amide bonds. The quantitative estimate of drug-likeness (QED) is 0.756. The van der Waals surface area contributed by atoms with Crippen molar-refractivity contribution in [3.8, 4) is 0 Å². The zero-order valence-electron chi connectivity index (χ0n) is 10.0. The second kappa shape index (κ2) is 3.76. The number of benzene rings is 1. The lowest BCUT2D eigenvalue weighted by molar-refractivity contribution is 0.698. The molecule has 1 aliphatic heterocycles. The Morgan fingerprint density at radius 2 is 2.13 bits per heavy atom. The van der Waals surface area contributed by atoms with Crippen LogP contribution in [0.2, 0.25) is 0 Å². The summed E-state index contributed by atoms with van der Waals surface area (Å²) < 4.78 is 0. The summed E-state index contributed by atoms with van der Waals surface area (Å²) in [5.41, 5.74) is 4.00. The van der Waals surface area contributed by atoms with Crippen LogP contribution in [-0.2, 0) is 0 Å². The fourth-order valence-corrected chi connectivity index (χ4v) is 1.99. The van der Waals surface area contributed by atoms with Crippen LogP contribution in [0.25, 0.3) is 0 Å². The summed E-state index contributed by atoms with van der Waals surface area (Å²) in [6.07, 6.45) is 0. The first-order valence-electron chi connectivity index (χ1n) is 5.70. The van der Waals surface area contributed by atoms with E-state index in [1.165, 1.54) is 16.9 Å². The molecular weight excluding hydrogens is 184 g/mol. The van der Waals surface area contributed by atoms with E-state index >= 15 is 0 Å². The average molecular weight is 204 g/mol. The minimum absolute atomic E-state index is 0.572. The van der Waals surface area contributed by atoms with Gasteiger partial charge in [0.2, 0.25) is 0 Å². The zero-order valence-corrected chi connectivity index (χ0v) is 10.0. The van der Waals surface area contributed by atoms with Gasteiger partial charge in [-0.2, -0.15) is 0 Å². The third kappa shape index (κ3) is 1.81. The van der Waals surface area contributed by atoms with E-state index in [0.717, 1.165) is 6.54 Å². The topological polar surface area (TPSA) is 15.3 Å². The highest BCUT2D eigenvalue weighted by Gasteiger charge is 2.19. The molecule has 0 bridgehead atoms. The van der Waals surface area contributed by atoms with E-state index in [9.17, 15) is 0 Å². The Balaban J connectivity index is 2.38. The van der Waals surface area contributed by atoms with E-state index in [0.29, 0.717) is 12.0 Å². The molecule has 1 aliphatic rings. The Hall–Kier alpha value is -1.18. The highest BCUT2D eigenvalue weighted by Crippen LogP contribution is 2.32. The molecule has 2 nitrogen and oxygen atoms in total. The van der Waals surface area contributed by atoms with Crippen LogP contribution in [0.1, 0.15) is 32.3 Å². The van der Waals surface area contributed by atoms with E-state index in [1.54, 1.807) is 0 Å². The van der Waals surface area contributed by atoms with Crippen molar-refractivity contribution in [2.75, 3.05) is 23.8 Å². The second-order valence-electron chi connectivity index (χ2n) is 4.77. The summed E-state index contributed by atoms with van der Waals surface area (Å²) in [7, 11) is 2.17. The summed E-state index contributed by atoms with van der Waals surface area (Å²) in [5, 5.41) is 3.50. The van der Waals surface area contributed by atoms with E-state index < -0.39 is 0 Å². The normalized spacial score (nSPS) is 20.1. The number of nitrogens with one attached hydrogen (secondary N) is 1. The first-order chi connectivity index (χ1) is 7.09. The summed E-state index contributed by atoms with van der Waals surface area (Å²) in [6, 6.07) is 7.32. The lowest BCUT2D eigenvalue weighted by Crippen LogP contribution is -2.39. The molecule has 0 radical (unpaired) electrons. The molecule has 2 rings (SSSR count). The Morgan fingerprint density at radius 1 is 1.40 bits per heavy atom. The van der Waals surface area contributed by atoms with Crippen molar-refractivity contribution in [1.82, 2.24) is 0 Å². The van der Waals surface area contributed by atoms with Crippen molar-refractivity contribution in [3.05, 3.63) is 23.8 Å². The van der Waals surface area contributed by atoms with E-state index in [2.05, 4.69) is 56.2 Å². The molecule has 2 heteroatoms. The molecule has 0 fully saturated rings. The van der Waals surface area contributed by atoms with Gasteiger partial charge in [0, 0.05) is 19.6 Å². The maximum Gasteiger partial charge on any atom is 0.0602 e. The molecule has 1 heterocycles. The van der Waals surface area contributed by atoms with Crippen LogP contribution >= 0.6 is 0 Å². The van der Waals surface area contributed by atoms with Gasteiger partial charge in [0.25, 0.3) is 0 Å². The number of fused-ring (bicyclic) bond motifs is 1. The van der Waals surface area contributed by atoms with Gasteiger partial charge in [-0.3, -0.25) is 0 Å². The lowest BCUT2D eigenvalue weighted by atomic mass is 10.0. The first kappa shape index (κ1) is 10.3. The fraction of sp³-hybridized carbons (Fsp3) is 0.538. The number of nitrogens with zero attached hydrogens (tertiary/aromatic N) is 1. The molecule has 0 aromatic heterocycles. The minimum Gasteiger partial charge on any atom is -0.381 e. The monoisotopic (exact) mass is 204 g/mol. The van der Waals surface area contributed by atoms with Crippen molar-refractivity contribution >= 4 is 11.4 Å². The van der Waals surface area contributed by atoms with Gasteiger partial charge in [-0.15, -0.1) is 0 Å². The first-order valence-corrected chi connectivity index (χ1v) is 5.70. The number of likely N-dealkylation sites (N-methyl/N-ethyl adjacent to an activating group) is 1. The third-order valence-corrected chi connectivity index (χ3v) is 3.32. The van der Waals surface area contributed by atoms with Gasteiger partial charge in [-0.05, 0) is 30.5 Å². The zero-order chi connectivity index (χ0) is 11.0. The molecule has 0 saturated carbocycles. The number of rotatable bonds is 1. The molecule has 1 aromatic rings. The van der Waals surface area contributed by atoms with Crippen LogP contribution < -0.4 is 10.2 Å². The summed E-state index contributed by atoms with van der Waals surface area (Å²) in [5.74, 6) is 0.599. The Kier molecular flexibility index (Phi) is 2.59. The fourth-order valence-electron chi connectivity index (χ4n) is 1.99. The molecule has 1 unspecified atom stereocenters. The molecule has 0 saturated heterocycles. The third-order valence-electron chi connectivity index (χ3n) is 3.32. The Labute approximate surface area is 92.3 Å². The van der Waals surface area contributed by atoms with Crippen LogP contribution in [0.5, 0.6) is 0 Å². The molecule has 1 aromatic carbocycles. The average Bonchev–Trinajstić information content (AvgIpc) is 2.23. The molecule has 82 valence electrons. The van der Waals surface area contributed by atoms with Gasteiger partial charge in [0.05, 0.1) is 11.4 Å². The van der Waals surface area contributed by atoms with Crippen molar-refractivity contribution in [2.45, 2.75) is 32.7 Å². The SMILES string of the molecule is CC(C)c1ccc2c(c1)NCC(C)N2C. The minimum atomic E-state index is 0.572. The maximum absolute atomic E-state index is 3.50. The molecular formula is C13H20N2. The molecule has 15 heavy (non-hydrogen) atoms. The largest absolute Gasteiger partial charge is 0.381 e. The van der Waals surface area contributed by atoms with Gasteiger partial charge in [-0.25, -0.2) is 0 Å². The van der Waals surface area contributed by atoms with Crippen molar-refractivity contribution in [1.29, 1.82) is 0 Å². The number of hydrogen-bond donors (Lipinski definition) is 1. The maximum atomic E-state index is 3.50. The molecule has 0 aliphatic carbocycles. The summed E-state index contributed by atoms with van der Waals surface area (Å²) in [6.45, 7) is 7.74. The van der Waals surface area contributed by atoms with Gasteiger partial charge >= 0.3 is 0 Å². The van der Waals surface area contributed by atoms with Gasteiger partial charge in [0.15, 0.2) is 0 Å². The highest BCUT2D eigenvalue weighted by molar-refractivity contribution is 5.73. The highest BCUT2D eigenvalue weighted by atomic mass is 15.2. The summed E-state index contributed by atoms with van der Waals surface area (Å²) >= 11 is 0. The predicted molar refractivity (Wildman–Crippen MR) is 66.9 cm³/mol. The predicted octanol–water partition coefficient (Wildman–Crippen LogP) is 3.06. The van der Waals surface area contributed by atoms with Crippen LogP contribution in [-0.4, -0.2) is 19.6 Å². The number of hydrogen-bond acceptors (Lipinski definition) is 2. The van der Waals surface area contributed by atoms with Crippen molar-refractivity contribution in [2.24, 2.45) is 0 Å². The standard InChI is InChI=1S/C13H20N2/c1-9(2)11-5-6-13-12(7-11)14-8-10(3)15(13)4/h5-7,9-10,14H,8H2,1-4H3. The van der Waals surface area contributed by atoms with Crippen LogP contribution in [0, 0.1) is 0 Å². The van der Waals surface area contributed by atoms with Gasteiger partial charge < -0.3 is 10.2 Å². The summed E-state index contributed by atoms with van der Waals surface area (Å²) in [4.78, 5) is 2.34. The smallest absolute Gasteiger partial charge is 0.0602 e. The molecule has 0 spiro atoms. The van der Waals surface area contributed by atoms with Crippen molar-refractivity contribution < 1.29 is 0 Å². The van der Waals surface area contributed by atoms with E-state index in [4.69, 9.17) is 0 Å². The van der Waals surface area contributed by atoms with Crippen LogP contribution in [0.15, 0.2) is 18.2 Å². The van der Waals surface area contributed by atoms with E-state index in [-0.39, 0.29) is 0 Å².